The molecule has 0 fully saturated rings. The van der Waals surface area contributed by atoms with Gasteiger partial charge in [0.2, 0.25) is 17.8 Å². The second-order valence-corrected chi connectivity index (χ2v) is 7.36. The number of esters is 1. The van der Waals surface area contributed by atoms with Crippen LogP contribution in [-0.2, 0) is 14.3 Å². The second-order valence-electron chi connectivity index (χ2n) is 6.52. The summed E-state index contributed by atoms with van der Waals surface area (Å²) in [6, 6.07) is 7.40. The molecule has 0 saturated carbocycles. The molecule has 0 unspecified atom stereocenters. The van der Waals surface area contributed by atoms with E-state index in [2.05, 4.69) is 15.4 Å². The van der Waals surface area contributed by atoms with Gasteiger partial charge in [-0.25, -0.2) is 4.98 Å². The molecule has 1 aromatic carbocycles. The molecule has 9 nitrogen and oxygen atoms in total. The number of amides is 1. The lowest BCUT2D eigenvalue weighted by atomic mass is 10.1. The predicted molar refractivity (Wildman–Crippen MR) is 110 cm³/mol. The summed E-state index contributed by atoms with van der Waals surface area (Å²) in [5.41, 5.74) is 2.39. The van der Waals surface area contributed by atoms with E-state index in [4.69, 9.17) is 14.2 Å². The third-order valence-electron chi connectivity index (χ3n) is 4.30. The highest BCUT2D eigenvalue weighted by Gasteiger charge is 2.18. The van der Waals surface area contributed by atoms with E-state index in [-0.39, 0.29) is 25.5 Å². The summed E-state index contributed by atoms with van der Waals surface area (Å²) in [6.07, 6.45) is 0.0572. The van der Waals surface area contributed by atoms with Gasteiger partial charge in [-0.15, -0.1) is 11.3 Å². The first-order chi connectivity index (χ1) is 14.5. The third kappa shape index (κ3) is 4.28. The van der Waals surface area contributed by atoms with Gasteiger partial charge in [-0.3, -0.25) is 9.59 Å². The number of thiazole rings is 1. The highest BCUT2D eigenvalue weighted by Crippen LogP contribution is 2.36. The number of nitrogens with zero attached hydrogens (tertiary/aromatic N) is 3. The Morgan fingerprint density at radius 3 is 2.90 bits per heavy atom. The first kappa shape index (κ1) is 19.9. The Labute approximate surface area is 176 Å². The van der Waals surface area contributed by atoms with E-state index >= 15 is 0 Å². The number of fused-ring (bicyclic) bond motifs is 1. The summed E-state index contributed by atoms with van der Waals surface area (Å²) in [6.45, 7) is 4.07. The maximum atomic E-state index is 12.2. The van der Waals surface area contributed by atoms with Crippen molar-refractivity contribution in [3.63, 3.8) is 0 Å². The first-order valence-corrected chi connectivity index (χ1v) is 10.3. The number of carbonyl (C=O) groups is 2. The van der Waals surface area contributed by atoms with Crippen molar-refractivity contribution in [2.45, 2.75) is 26.7 Å². The van der Waals surface area contributed by atoms with Gasteiger partial charge in [0, 0.05) is 23.4 Å². The Morgan fingerprint density at radius 1 is 1.23 bits per heavy atom. The van der Waals surface area contributed by atoms with Crippen molar-refractivity contribution in [1.29, 1.82) is 0 Å². The summed E-state index contributed by atoms with van der Waals surface area (Å²) in [7, 11) is 0. The summed E-state index contributed by atoms with van der Waals surface area (Å²) < 4.78 is 17.2. The second kappa shape index (κ2) is 8.54. The standard InChI is InChI=1S/C20H20N4O5S/c1-3-27-19(26)7-6-18(25)22-17-8-12(2)23-24(17)20-21-14(10-30-20)13-4-5-15-16(9-13)29-11-28-15/h4-5,8-10H,3,6-7,11H2,1-2H3,(H,22,25). The van der Waals surface area contributed by atoms with Crippen LogP contribution >= 0.6 is 11.3 Å². The molecular weight excluding hydrogens is 408 g/mol. The number of nitrogens with one attached hydrogen (secondary N) is 1. The molecule has 10 heteroatoms. The minimum absolute atomic E-state index is 0.0261. The number of benzene rings is 1. The van der Waals surface area contributed by atoms with Crippen LogP contribution in [0.2, 0.25) is 0 Å². The number of carbonyl (C=O) groups excluding carboxylic acids is 2. The number of rotatable bonds is 7. The van der Waals surface area contributed by atoms with Crippen molar-refractivity contribution >= 4 is 29.0 Å². The van der Waals surface area contributed by atoms with E-state index in [0.29, 0.717) is 29.1 Å². The zero-order chi connectivity index (χ0) is 21.1. The normalized spacial score (nSPS) is 12.1. The van der Waals surface area contributed by atoms with Gasteiger partial charge in [0.05, 0.1) is 24.4 Å². The van der Waals surface area contributed by atoms with E-state index in [0.717, 1.165) is 17.0 Å². The Kier molecular flexibility index (Phi) is 5.66. The predicted octanol–water partition coefficient (Wildman–Crippen LogP) is 3.31. The fraction of sp³-hybridized carbons (Fsp3) is 0.300. The third-order valence-corrected chi connectivity index (χ3v) is 5.12. The molecule has 0 saturated heterocycles. The van der Waals surface area contributed by atoms with E-state index in [1.807, 2.05) is 30.5 Å². The topological polar surface area (TPSA) is 105 Å². The van der Waals surface area contributed by atoms with Gasteiger partial charge in [-0.2, -0.15) is 9.78 Å². The summed E-state index contributed by atoms with van der Waals surface area (Å²) in [5, 5.41) is 9.75. The number of hydrogen-bond acceptors (Lipinski definition) is 8. The Bertz CT molecular complexity index is 1090. The van der Waals surface area contributed by atoms with Gasteiger partial charge in [0.1, 0.15) is 5.82 Å². The number of aryl methyl sites for hydroxylation is 1. The van der Waals surface area contributed by atoms with Crippen LogP contribution in [0.5, 0.6) is 11.5 Å². The highest BCUT2D eigenvalue weighted by atomic mass is 32.1. The molecule has 30 heavy (non-hydrogen) atoms. The van der Waals surface area contributed by atoms with E-state index < -0.39 is 5.97 Å². The largest absolute Gasteiger partial charge is 0.466 e. The summed E-state index contributed by atoms with van der Waals surface area (Å²) in [4.78, 5) is 28.4. The minimum atomic E-state index is -0.398. The molecule has 0 bridgehead atoms. The van der Waals surface area contributed by atoms with E-state index in [1.54, 1.807) is 17.7 Å². The van der Waals surface area contributed by atoms with Gasteiger partial charge < -0.3 is 19.5 Å². The first-order valence-electron chi connectivity index (χ1n) is 9.41. The van der Waals surface area contributed by atoms with Gasteiger partial charge in [-0.1, -0.05) is 0 Å². The van der Waals surface area contributed by atoms with Gasteiger partial charge >= 0.3 is 5.97 Å². The Balaban J connectivity index is 1.50. The number of anilines is 1. The SMILES string of the molecule is CCOC(=O)CCC(=O)Nc1cc(C)nn1-c1nc(-c2ccc3c(c2)OCO3)cs1. The number of ether oxygens (including phenoxy) is 3. The van der Waals surface area contributed by atoms with Crippen LogP contribution < -0.4 is 14.8 Å². The van der Waals surface area contributed by atoms with E-state index in [9.17, 15) is 9.59 Å². The number of aromatic nitrogens is 3. The smallest absolute Gasteiger partial charge is 0.306 e. The fourth-order valence-corrected chi connectivity index (χ4v) is 3.73. The molecule has 0 atom stereocenters. The van der Waals surface area contributed by atoms with Crippen LogP contribution in [-0.4, -0.2) is 40.0 Å². The average molecular weight is 428 g/mol. The lowest BCUT2D eigenvalue weighted by molar-refractivity contribution is -0.144. The maximum absolute atomic E-state index is 12.2. The highest BCUT2D eigenvalue weighted by molar-refractivity contribution is 7.12. The van der Waals surface area contributed by atoms with E-state index in [1.165, 1.54) is 11.3 Å². The Hall–Kier alpha value is -3.40. The molecule has 2 aromatic heterocycles. The molecule has 0 spiro atoms. The summed E-state index contributed by atoms with van der Waals surface area (Å²) in [5.74, 6) is 1.20. The lowest BCUT2D eigenvalue weighted by Crippen LogP contribution is -2.16. The number of hydrogen-bond donors (Lipinski definition) is 1. The molecule has 1 N–H and O–H groups in total. The molecule has 156 valence electrons. The fourth-order valence-electron chi connectivity index (χ4n) is 2.94. The quantitative estimate of drug-likeness (QED) is 0.576. The zero-order valence-electron chi connectivity index (χ0n) is 16.5. The molecule has 1 aliphatic rings. The van der Waals surface area contributed by atoms with Crippen LogP contribution in [0, 0.1) is 6.92 Å². The van der Waals surface area contributed by atoms with Crippen LogP contribution in [0.3, 0.4) is 0 Å². The molecule has 1 amide bonds. The molecule has 0 aliphatic carbocycles. The minimum Gasteiger partial charge on any atom is -0.466 e. The molecule has 3 aromatic rings. The molecule has 3 heterocycles. The van der Waals surface area contributed by atoms with Crippen LogP contribution in [0.25, 0.3) is 16.4 Å². The van der Waals surface area contributed by atoms with Crippen molar-refractivity contribution in [2.24, 2.45) is 0 Å². The molecule has 0 radical (unpaired) electrons. The van der Waals surface area contributed by atoms with Crippen molar-refractivity contribution in [1.82, 2.24) is 14.8 Å². The molecule has 1 aliphatic heterocycles. The zero-order valence-corrected chi connectivity index (χ0v) is 17.3. The maximum Gasteiger partial charge on any atom is 0.306 e. The van der Waals surface area contributed by atoms with Gasteiger partial charge in [0.15, 0.2) is 11.5 Å². The van der Waals surface area contributed by atoms with Crippen molar-refractivity contribution in [3.8, 4) is 27.9 Å². The van der Waals surface area contributed by atoms with Gasteiger partial charge in [0.25, 0.3) is 0 Å². The van der Waals surface area contributed by atoms with Crippen molar-refractivity contribution in [3.05, 3.63) is 35.3 Å². The molecular formula is C20H20N4O5S. The van der Waals surface area contributed by atoms with Crippen molar-refractivity contribution in [2.75, 3.05) is 18.7 Å². The average Bonchev–Trinajstić information content (AvgIpc) is 3.45. The monoisotopic (exact) mass is 428 g/mol. The van der Waals surface area contributed by atoms with Crippen LogP contribution in [0.4, 0.5) is 5.82 Å². The van der Waals surface area contributed by atoms with Crippen molar-refractivity contribution < 1.29 is 23.8 Å². The lowest BCUT2D eigenvalue weighted by Gasteiger charge is -2.06. The van der Waals surface area contributed by atoms with Crippen LogP contribution in [0.1, 0.15) is 25.5 Å². The van der Waals surface area contributed by atoms with Crippen LogP contribution in [0.15, 0.2) is 29.6 Å². The Morgan fingerprint density at radius 2 is 2.07 bits per heavy atom. The molecule has 4 rings (SSSR count). The van der Waals surface area contributed by atoms with Gasteiger partial charge in [-0.05, 0) is 32.0 Å². The summed E-state index contributed by atoms with van der Waals surface area (Å²) >= 11 is 1.40.